The molecule has 2 aromatic carbocycles. The molecule has 0 bridgehead atoms. The topological polar surface area (TPSA) is 58.6 Å². The lowest BCUT2D eigenvalue weighted by Crippen LogP contribution is -2.51. The first kappa shape index (κ1) is 24.9. The molecule has 0 saturated heterocycles. The maximum absolute atomic E-state index is 13.2. The molecule has 168 valence electrons. The van der Waals surface area contributed by atoms with Crippen molar-refractivity contribution in [2.75, 3.05) is 6.61 Å². The van der Waals surface area contributed by atoms with Crippen LogP contribution in [0.4, 0.5) is 0 Å². The molecule has 2 atom stereocenters. The number of aryl methyl sites for hydroxylation is 1. The first-order valence-corrected chi connectivity index (χ1v) is 11.7. The molecule has 0 radical (unpaired) electrons. The Morgan fingerprint density at radius 2 is 1.74 bits per heavy atom. The zero-order valence-corrected chi connectivity index (χ0v) is 20.4. The van der Waals surface area contributed by atoms with Crippen LogP contribution in [-0.2, 0) is 22.6 Å². The molecule has 2 aromatic rings. The van der Waals surface area contributed by atoms with Gasteiger partial charge >= 0.3 is 0 Å². The van der Waals surface area contributed by atoms with E-state index in [1.54, 1.807) is 4.90 Å². The standard InChI is InChI=1S/C25H33BrN2O3/c1-5-18(4)27-25(30)22(7-3)28(16-20-11-9-8-10-12-20)24(29)17-31-23-14-13-19(6-2)15-21(23)26/h8-15,18,22H,5-7,16-17H2,1-4H3,(H,27,30)/t18-,22+/m0/s1. The van der Waals surface area contributed by atoms with Gasteiger partial charge in [0.2, 0.25) is 5.91 Å². The third-order valence-electron chi connectivity index (χ3n) is 5.34. The fourth-order valence-electron chi connectivity index (χ4n) is 3.24. The van der Waals surface area contributed by atoms with Crippen molar-refractivity contribution in [1.29, 1.82) is 0 Å². The van der Waals surface area contributed by atoms with E-state index in [4.69, 9.17) is 4.74 Å². The van der Waals surface area contributed by atoms with Crippen molar-refractivity contribution >= 4 is 27.7 Å². The lowest BCUT2D eigenvalue weighted by atomic mass is 10.1. The average Bonchev–Trinajstić information content (AvgIpc) is 2.78. The number of carbonyl (C=O) groups excluding carboxylic acids is 2. The van der Waals surface area contributed by atoms with Crippen LogP contribution in [0.5, 0.6) is 5.75 Å². The Hall–Kier alpha value is -2.34. The molecule has 0 aliphatic heterocycles. The second-order valence-electron chi connectivity index (χ2n) is 7.66. The number of amides is 2. The van der Waals surface area contributed by atoms with Gasteiger partial charge in [-0.1, -0.05) is 57.2 Å². The molecule has 0 aromatic heterocycles. The van der Waals surface area contributed by atoms with Gasteiger partial charge in [-0.15, -0.1) is 0 Å². The van der Waals surface area contributed by atoms with Gasteiger partial charge in [0.05, 0.1) is 4.47 Å². The molecule has 0 aliphatic rings. The number of rotatable bonds is 11. The van der Waals surface area contributed by atoms with Gasteiger partial charge in [-0.3, -0.25) is 9.59 Å². The molecular weight excluding hydrogens is 456 g/mol. The van der Waals surface area contributed by atoms with Crippen LogP contribution in [0.15, 0.2) is 53.0 Å². The Kier molecular flexibility index (Phi) is 10.0. The summed E-state index contributed by atoms with van der Waals surface area (Å²) in [6.07, 6.45) is 2.28. The van der Waals surface area contributed by atoms with E-state index in [0.29, 0.717) is 18.7 Å². The van der Waals surface area contributed by atoms with Crippen LogP contribution in [0.2, 0.25) is 0 Å². The van der Waals surface area contributed by atoms with E-state index in [1.807, 2.05) is 69.3 Å². The van der Waals surface area contributed by atoms with Crippen molar-refractivity contribution in [2.24, 2.45) is 0 Å². The van der Waals surface area contributed by atoms with Crippen molar-refractivity contribution in [3.8, 4) is 5.75 Å². The summed E-state index contributed by atoms with van der Waals surface area (Å²) in [5.41, 5.74) is 2.16. The van der Waals surface area contributed by atoms with Crippen LogP contribution in [0.25, 0.3) is 0 Å². The predicted octanol–water partition coefficient (Wildman–Crippen LogP) is 5.11. The summed E-state index contributed by atoms with van der Waals surface area (Å²) in [6, 6.07) is 15.1. The smallest absolute Gasteiger partial charge is 0.261 e. The number of ether oxygens (including phenoxy) is 1. The molecule has 2 amide bonds. The number of halogens is 1. The van der Waals surface area contributed by atoms with Crippen molar-refractivity contribution < 1.29 is 14.3 Å². The highest BCUT2D eigenvalue weighted by Gasteiger charge is 2.29. The highest BCUT2D eigenvalue weighted by Crippen LogP contribution is 2.26. The van der Waals surface area contributed by atoms with Gasteiger partial charge in [-0.25, -0.2) is 0 Å². The summed E-state index contributed by atoms with van der Waals surface area (Å²) in [7, 11) is 0. The molecule has 0 saturated carbocycles. The maximum atomic E-state index is 13.2. The summed E-state index contributed by atoms with van der Waals surface area (Å²) < 4.78 is 6.64. The lowest BCUT2D eigenvalue weighted by Gasteiger charge is -2.31. The lowest BCUT2D eigenvalue weighted by molar-refractivity contribution is -0.143. The predicted molar refractivity (Wildman–Crippen MR) is 128 cm³/mol. The normalized spacial score (nSPS) is 12.7. The quantitative estimate of drug-likeness (QED) is 0.477. The monoisotopic (exact) mass is 488 g/mol. The van der Waals surface area contributed by atoms with E-state index in [-0.39, 0.29) is 24.5 Å². The van der Waals surface area contributed by atoms with E-state index < -0.39 is 6.04 Å². The van der Waals surface area contributed by atoms with Gasteiger partial charge in [0.25, 0.3) is 5.91 Å². The number of nitrogens with zero attached hydrogens (tertiary/aromatic N) is 1. The number of hydrogen-bond donors (Lipinski definition) is 1. The summed E-state index contributed by atoms with van der Waals surface area (Å²) in [5, 5.41) is 3.02. The van der Waals surface area contributed by atoms with E-state index in [1.165, 1.54) is 5.56 Å². The largest absolute Gasteiger partial charge is 0.483 e. The maximum Gasteiger partial charge on any atom is 0.261 e. The molecular formula is C25H33BrN2O3. The Morgan fingerprint density at radius 3 is 2.32 bits per heavy atom. The fourth-order valence-corrected chi connectivity index (χ4v) is 3.79. The van der Waals surface area contributed by atoms with E-state index in [9.17, 15) is 9.59 Å². The second kappa shape index (κ2) is 12.5. The first-order chi connectivity index (χ1) is 14.9. The molecule has 5 nitrogen and oxygen atoms in total. The Morgan fingerprint density at radius 1 is 1.03 bits per heavy atom. The van der Waals surface area contributed by atoms with Gasteiger partial charge in [-0.05, 0) is 65.4 Å². The zero-order valence-electron chi connectivity index (χ0n) is 18.9. The molecule has 0 aliphatic carbocycles. The summed E-state index contributed by atoms with van der Waals surface area (Å²) in [6.45, 7) is 8.22. The van der Waals surface area contributed by atoms with Crippen molar-refractivity contribution in [3.63, 3.8) is 0 Å². The Labute approximate surface area is 194 Å². The van der Waals surface area contributed by atoms with Gasteiger partial charge < -0.3 is 15.0 Å². The first-order valence-electron chi connectivity index (χ1n) is 10.9. The van der Waals surface area contributed by atoms with Crippen LogP contribution in [-0.4, -0.2) is 35.4 Å². The van der Waals surface area contributed by atoms with E-state index in [0.717, 1.165) is 22.9 Å². The minimum atomic E-state index is -0.559. The summed E-state index contributed by atoms with van der Waals surface area (Å²) in [5.74, 6) is 0.262. The van der Waals surface area contributed by atoms with Gasteiger partial charge in [-0.2, -0.15) is 0 Å². The Balaban J connectivity index is 2.19. The number of carbonyl (C=O) groups is 2. The van der Waals surface area contributed by atoms with E-state index in [2.05, 4.69) is 28.2 Å². The van der Waals surface area contributed by atoms with Gasteiger partial charge in [0, 0.05) is 12.6 Å². The average molecular weight is 489 g/mol. The molecule has 1 N–H and O–H groups in total. The highest BCUT2D eigenvalue weighted by molar-refractivity contribution is 9.10. The van der Waals surface area contributed by atoms with Crippen molar-refractivity contribution in [2.45, 2.75) is 65.6 Å². The fraction of sp³-hybridized carbons (Fsp3) is 0.440. The van der Waals surface area contributed by atoms with Crippen LogP contribution >= 0.6 is 15.9 Å². The summed E-state index contributed by atoms with van der Waals surface area (Å²) >= 11 is 3.52. The SMILES string of the molecule is CCc1ccc(OCC(=O)N(Cc2ccccc2)[C@H](CC)C(=O)N[C@@H](C)CC)c(Br)c1. The number of benzene rings is 2. The summed E-state index contributed by atoms with van der Waals surface area (Å²) in [4.78, 5) is 27.8. The van der Waals surface area contributed by atoms with Crippen LogP contribution in [0.3, 0.4) is 0 Å². The van der Waals surface area contributed by atoms with Crippen molar-refractivity contribution in [3.05, 3.63) is 64.1 Å². The van der Waals surface area contributed by atoms with Crippen LogP contribution < -0.4 is 10.1 Å². The van der Waals surface area contributed by atoms with Crippen molar-refractivity contribution in [1.82, 2.24) is 10.2 Å². The Bertz CT molecular complexity index is 857. The van der Waals surface area contributed by atoms with Gasteiger partial charge in [0.1, 0.15) is 11.8 Å². The van der Waals surface area contributed by atoms with Crippen LogP contribution in [0, 0.1) is 0 Å². The molecule has 0 fully saturated rings. The minimum absolute atomic E-state index is 0.0551. The molecule has 31 heavy (non-hydrogen) atoms. The minimum Gasteiger partial charge on any atom is -0.483 e. The third kappa shape index (κ3) is 7.39. The second-order valence-corrected chi connectivity index (χ2v) is 8.51. The molecule has 0 heterocycles. The number of hydrogen-bond acceptors (Lipinski definition) is 3. The third-order valence-corrected chi connectivity index (χ3v) is 5.96. The zero-order chi connectivity index (χ0) is 22.8. The van der Waals surface area contributed by atoms with Gasteiger partial charge in [0.15, 0.2) is 6.61 Å². The number of nitrogens with one attached hydrogen (secondary N) is 1. The highest BCUT2D eigenvalue weighted by atomic mass is 79.9. The van der Waals surface area contributed by atoms with Crippen LogP contribution in [0.1, 0.15) is 51.7 Å². The molecule has 2 rings (SSSR count). The molecule has 6 heteroatoms. The molecule has 0 spiro atoms. The molecule has 0 unspecified atom stereocenters. The van der Waals surface area contributed by atoms with E-state index >= 15 is 0 Å².